The van der Waals surface area contributed by atoms with Crippen molar-refractivity contribution < 1.29 is 14.6 Å². The van der Waals surface area contributed by atoms with Gasteiger partial charge < -0.3 is 20.5 Å². The van der Waals surface area contributed by atoms with Crippen LogP contribution in [0.1, 0.15) is 18.6 Å². The van der Waals surface area contributed by atoms with E-state index in [4.69, 9.17) is 4.74 Å². The van der Waals surface area contributed by atoms with Crippen molar-refractivity contribution in [1.82, 2.24) is 10.6 Å². The number of nitrogens with one attached hydrogen (secondary N) is 2. The van der Waals surface area contributed by atoms with Crippen LogP contribution in [0.4, 0.5) is 0 Å². The van der Waals surface area contributed by atoms with Crippen molar-refractivity contribution in [3.63, 3.8) is 0 Å². The predicted octanol–water partition coefficient (Wildman–Crippen LogP) is 0.700. The van der Waals surface area contributed by atoms with Crippen LogP contribution in [0.2, 0.25) is 0 Å². The van der Waals surface area contributed by atoms with Gasteiger partial charge in [0.2, 0.25) is 5.91 Å². The minimum absolute atomic E-state index is 0.0729. The Labute approximate surface area is 114 Å². The van der Waals surface area contributed by atoms with E-state index in [-0.39, 0.29) is 18.4 Å². The quantitative estimate of drug-likeness (QED) is 0.679. The van der Waals surface area contributed by atoms with Crippen molar-refractivity contribution in [3.8, 4) is 5.75 Å². The van der Waals surface area contributed by atoms with E-state index < -0.39 is 6.10 Å². The molecular formula is C14H22N2O3. The molecule has 2 atom stereocenters. The molecule has 0 heterocycles. The maximum atomic E-state index is 11.7. The van der Waals surface area contributed by atoms with Gasteiger partial charge in [0.25, 0.3) is 0 Å². The van der Waals surface area contributed by atoms with Crippen LogP contribution < -0.4 is 15.4 Å². The first kappa shape index (κ1) is 15.5. The SMILES string of the molecule is CNCC(C)C(=O)NCC(O)c1cccc(OC)c1. The van der Waals surface area contributed by atoms with Crippen LogP contribution in [-0.2, 0) is 4.79 Å². The fourth-order valence-electron chi connectivity index (χ4n) is 1.74. The van der Waals surface area contributed by atoms with Crippen molar-refractivity contribution in [3.05, 3.63) is 29.8 Å². The van der Waals surface area contributed by atoms with Gasteiger partial charge in [-0.2, -0.15) is 0 Å². The minimum Gasteiger partial charge on any atom is -0.497 e. The molecule has 0 aromatic heterocycles. The summed E-state index contributed by atoms with van der Waals surface area (Å²) in [5.74, 6) is 0.491. The summed E-state index contributed by atoms with van der Waals surface area (Å²) in [7, 11) is 3.38. The van der Waals surface area contributed by atoms with Crippen LogP contribution in [0.5, 0.6) is 5.75 Å². The number of amides is 1. The summed E-state index contributed by atoms with van der Waals surface area (Å²) in [4.78, 5) is 11.7. The van der Waals surface area contributed by atoms with Gasteiger partial charge in [0.15, 0.2) is 0 Å². The molecule has 0 spiro atoms. The van der Waals surface area contributed by atoms with Crippen molar-refractivity contribution in [2.45, 2.75) is 13.0 Å². The smallest absolute Gasteiger partial charge is 0.224 e. The standard InChI is InChI=1S/C14H22N2O3/c1-10(8-15-2)14(18)16-9-13(17)11-5-4-6-12(7-11)19-3/h4-7,10,13,15,17H,8-9H2,1-3H3,(H,16,18). The number of carbonyl (C=O) groups is 1. The second-order valence-electron chi connectivity index (χ2n) is 4.50. The van der Waals surface area contributed by atoms with Crippen molar-refractivity contribution in [2.75, 3.05) is 27.2 Å². The lowest BCUT2D eigenvalue weighted by Crippen LogP contribution is -2.36. The van der Waals surface area contributed by atoms with Gasteiger partial charge in [-0.25, -0.2) is 0 Å². The topological polar surface area (TPSA) is 70.6 Å². The lowest BCUT2D eigenvalue weighted by molar-refractivity contribution is -0.124. The first-order valence-electron chi connectivity index (χ1n) is 6.32. The van der Waals surface area contributed by atoms with E-state index in [9.17, 15) is 9.90 Å². The minimum atomic E-state index is -0.735. The number of rotatable bonds is 7. The fourth-order valence-corrected chi connectivity index (χ4v) is 1.74. The highest BCUT2D eigenvalue weighted by molar-refractivity contribution is 5.78. The third-order valence-corrected chi connectivity index (χ3v) is 2.91. The molecule has 0 aliphatic heterocycles. The van der Waals surface area contributed by atoms with Crippen LogP contribution in [0.3, 0.4) is 0 Å². The monoisotopic (exact) mass is 266 g/mol. The Hall–Kier alpha value is -1.59. The maximum absolute atomic E-state index is 11.7. The molecule has 5 nitrogen and oxygen atoms in total. The maximum Gasteiger partial charge on any atom is 0.224 e. The molecule has 5 heteroatoms. The molecule has 3 N–H and O–H groups in total. The van der Waals surface area contributed by atoms with Crippen molar-refractivity contribution >= 4 is 5.91 Å². The van der Waals surface area contributed by atoms with Gasteiger partial charge in [0, 0.05) is 19.0 Å². The molecule has 0 fully saturated rings. The third-order valence-electron chi connectivity index (χ3n) is 2.91. The molecule has 1 amide bonds. The van der Waals surface area contributed by atoms with E-state index >= 15 is 0 Å². The first-order chi connectivity index (χ1) is 9.08. The molecule has 0 radical (unpaired) electrons. The Kier molecular flexibility index (Phi) is 6.32. The van der Waals surface area contributed by atoms with Crippen LogP contribution in [0.25, 0.3) is 0 Å². The molecule has 0 saturated heterocycles. The lowest BCUT2D eigenvalue weighted by atomic mass is 10.1. The first-order valence-corrected chi connectivity index (χ1v) is 6.32. The zero-order valence-electron chi connectivity index (χ0n) is 11.6. The zero-order valence-corrected chi connectivity index (χ0v) is 11.6. The number of carbonyl (C=O) groups excluding carboxylic acids is 1. The second kappa shape index (κ2) is 7.76. The molecule has 0 saturated carbocycles. The Bertz CT molecular complexity index is 409. The van der Waals surface area contributed by atoms with E-state index in [0.29, 0.717) is 12.3 Å². The summed E-state index contributed by atoms with van der Waals surface area (Å²) in [5, 5.41) is 15.7. The summed E-state index contributed by atoms with van der Waals surface area (Å²) in [6.45, 7) is 2.64. The summed E-state index contributed by atoms with van der Waals surface area (Å²) in [5.41, 5.74) is 0.723. The molecule has 0 bridgehead atoms. The fraction of sp³-hybridized carbons (Fsp3) is 0.500. The summed E-state index contributed by atoms with van der Waals surface area (Å²) >= 11 is 0. The Morgan fingerprint density at radius 2 is 2.16 bits per heavy atom. The number of ether oxygens (including phenoxy) is 1. The summed E-state index contributed by atoms with van der Waals surface area (Å²) in [6.07, 6.45) is -0.735. The average Bonchev–Trinajstić information content (AvgIpc) is 2.44. The lowest BCUT2D eigenvalue weighted by Gasteiger charge is -2.15. The number of hydrogen-bond donors (Lipinski definition) is 3. The summed E-state index contributed by atoms with van der Waals surface area (Å²) < 4.78 is 5.09. The van der Waals surface area contributed by atoms with Gasteiger partial charge in [-0.15, -0.1) is 0 Å². The van der Waals surface area contributed by atoms with E-state index in [2.05, 4.69) is 10.6 Å². The van der Waals surface area contributed by atoms with Crippen LogP contribution in [0.15, 0.2) is 24.3 Å². The number of aliphatic hydroxyl groups is 1. The molecule has 106 valence electrons. The Morgan fingerprint density at radius 1 is 1.42 bits per heavy atom. The number of hydrogen-bond acceptors (Lipinski definition) is 4. The third kappa shape index (κ3) is 4.89. The highest BCUT2D eigenvalue weighted by Crippen LogP contribution is 2.18. The number of benzene rings is 1. The number of methoxy groups -OCH3 is 1. The summed E-state index contributed by atoms with van der Waals surface area (Å²) in [6, 6.07) is 7.18. The van der Waals surface area contributed by atoms with Gasteiger partial charge >= 0.3 is 0 Å². The van der Waals surface area contributed by atoms with Gasteiger partial charge in [-0.1, -0.05) is 19.1 Å². The molecule has 1 aromatic carbocycles. The zero-order chi connectivity index (χ0) is 14.3. The van der Waals surface area contributed by atoms with E-state index in [1.807, 2.05) is 19.1 Å². The van der Waals surface area contributed by atoms with Crippen LogP contribution in [0, 0.1) is 5.92 Å². The van der Waals surface area contributed by atoms with Gasteiger partial charge in [0.05, 0.1) is 13.2 Å². The van der Waals surface area contributed by atoms with E-state index in [1.54, 1.807) is 26.3 Å². The largest absolute Gasteiger partial charge is 0.497 e. The molecule has 0 aliphatic rings. The highest BCUT2D eigenvalue weighted by atomic mass is 16.5. The molecule has 19 heavy (non-hydrogen) atoms. The molecular weight excluding hydrogens is 244 g/mol. The van der Waals surface area contributed by atoms with E-state index in [0.717, 1.165) is 5.56 Å². The van der Waals surface area contributed by atoms with E-state index in [1.165, 1.54) is 0 Å². The van der Waals surface area contributed by atoms with Crippen molar-refractivity contribution in [1.29, 1.82) is 0 Å². The van der Waals surface area contributed by atoms with Crippen molar-refractivity contribution in [2.24, 2.45) is 5.92 Å². The normalized spacial score (nSPS) is 13.7. The molecule has 2 unspecified atom stereocenters. The van der Waals surface area contributed by atoms with Gasteiger partial charge in [0.1, 0.15) is 5.75 Å². The Morgan fingerprint density at radius 3 is 2.79 bits per heavy atom. The van der Waals surface area contributed by atoms with Crippen LogP contribution >= 0.6 is 0 Å². The predicted molar refractivity (Wildman–Crippen MR) is 74.1 cm³/mol. The second-order valence-corrected chi connectivity index (χ2v) is 4.50. The van der Waals surface area contributed by atoms with Gasteiger partial charge in [-0.05, 0) is 24.7 Å². The Balaban J connectivity index is 2.50. The molecule has 1 rings (SSSR count). The average molecular weight is 266 g/mol. The molecule has 1 aromatic rings. The highest BCUT2D eigenvalue weighted by Gasteiger charge is 2.14. The van der Waals surface area contributed by atoms with Crippen LogP contribution in [-0.4, -0.2) is 38.3 Å². The molecule has 0 aliphatic carbocycles. The van der Waals surface area contributed by atoms with Gasteiger partial charge in [-0.3, -0.25) is 4.79 Å². The number of aliphatic hydroxyl groups excluding tert-OH is 1.